The predicted octanol–water partition coefficient (Wildman–Crippen LogP) is 6.01. The van der Waals surface area contributed by atoms with E-state index in [1.807, 2.05) is 36.4 Å². The van der Waals surface area contributed by atoms with Crippen molar-refractivity contribution in [3.8, 4) is 11.1 Å². The van der Waals surface area contributed by atoms with Gasteiger partial charge in [0.05, 0.1) is 11.1 Å². The summed E-state index contributed by atoms with van der Waals surface area (Å²) in [7, 11) is 0. The monoisotopic (exact) mass is 593 g/mol. The first kappa shape index (κ1) is 29.4. The summed E-state index contributed by atoms with van der Waals surface area (Å²) >= 11 is 5.88. The number of hydrogen-bond donors (Lipinski definition) is 2. The Labute approximate surface area is 249 Å². The van der Waals surface area contributed by atoms with E-state index in [2.05, 4.69) is 22.8 Å². The van der Waals surface area contributed by atoms with E-state index in [0.29, 0.717) is 6.42 Å². The topological polar surface area (TPSA) is 97.0 Å². The molecule has 1 aliphatic heterocycles. The average molecular weight is 594 g/mol. The van der Waals surface area contributed by atoms with Crippen molar-refractivity contribution in [2.45, 2.75) is 57.3 Å². The number of nitrogens with one attached hydrogen (secondary N) is 2. The maximum absolute atomic E-state index is 14.4. The fraction of sp³-hybridized carbons (Fsp3) is 0.344. The molecule has 0 aromatic heterocycles. The third kappa shape index (κ3) is 6.21. The Morgan fingerprint density at radius 3 is 2.26 bits per heavy atom. The number of fused-ring (bicyclic) bond motifs is 3. The van der Waals surface area contributed by atoms with Crippen molar-refractivity contribution in [2.24, 2.45) is 0 Å². The second kappa shape index (κ2) is 12.0. The Bertz CT molecular complexity index is 1460. The summed E-state index contributed by atoms with van der Waals surface area (Å²) in [5.41, 5.74) is 3.78. The molecule has 0 radical (unpaired) electrons. The standard InChI is InChI=1S/C32H33ClFN3O5/c1-32(2,3)42-31(40)37-16-15-26(28(37)29(38)35-17-19-9-8-14-25(33)27(19)34)36-30(39)41-18-24-22-12-6-4-10-20(22)21-11-5-7-13-23(21)24/h4-14,24,26,28H,15-18H2,1-3H3,(H,35,38)(H,36,39)/t26-,28+/m1/s1. The van der Waals surface area contributed by atoms with Crippen LogP contribution >= 0.6 is 11.6 Å². The normalized spacial score (nSPS) is 17.8. The van der Waals surface area contributed by atoms with E-state index >= 15 is 0 Å². The Morgan fingerprint density at radius 1 is 0.976 bits per heavy atom. The quantitative estimate of drug-likeness (QED) is 0.365. The van der Waals surface area contributed by atoms with Crippen molar-refractivity contribution in [2.75, 3.05) is 13.2 Å². The van der Waals surface area contributed by atoms with Gasteiger partial charge < -0.3 is 20.1 Å². The van der Waals surface area contributed by atoms with Crippen LogP contribution < -0.4 is 10.6 Å². The molecule has 0 unspecified atom stereocenters. The lowest BCUT2D eigenvalue weighted by Crippen LogP contribution is -2.55. The first-order valence-corrected chi connectivity index (χ1v) is 14.2. The minimum absolute atomic E-state index is 0.0622. The Balaban J connectivity index is 1.28. The van der Waals surface area contributed by atoms with Crippen LogP contribution in [-0.2, 0) is 20.8 Å². The molecule has 3 aromatic carbocycles. The number of alkyl carbamates (subject to hydrolysis) is 1. The van der Waals surface area contributed by atoms with Crippen molar-refractivity contribution in [3.05, 3.63) is 94.3 Å². The van der Waals surface area contributed by atoms with Gasteiger partial charge >= 0.3 is 12.2 Å². The number of ether oxygens (including phenoxy) is 2. The van der Waals surface area contributed by atoms with Gasteiger partial charge in [-0.2, -0.15) is 0 Å². The number of carbonyl (C=O) groups excluding carboxylic acids is 3. The van der Waals surface area contributed by atoms with Gasteiger partial charge in [-0.25, -0.2) is 14.0 Å². The molecule has 3 amide bonds. The summed E-state index contributed by atoms with van der Waals surface area (Å²) in [6, 6.07) is 18.7. The van der Waals surface area contributed by atoms with Crippen LogP contribution in [0.3, 0.4) is 0 Å². The molecule has 2 N–H and O–H groups in total. The van der Waals surface area contributed by atoms with Gasteiger partial charge in [0.2, 0.25) is 5.91 Å². The Kier molecular flexibility index (Phi) is 8.41. The molecule has 3 aromatic rings. The molecule has 8 nitrogen and oxygen atoms in total. The number of halogens is 2. The smallest absolute Gasteiger partial charge is 0.411 e. The minimum atomic E-state index is -1.09. The number of amides is 3. The largest absolute Gasteiger partial charge is 0.449 e. The van der Waals surface area contributed by atoms with Crippen molar-refractivity contribution in [1.29, 1.82) is 0 Å². The summed E-state index contributed by atoms with van der Waals surface area (Å²) in [4.78, 5) is 40.8. The van der Waals surface area contributed by atoms with Crippen LogP contribution in [0.5, 0.6) is 0 Å². The highest BCUT2D eigenvalue weighted by molar-refractivity contribution is 6.30. The lowest BCUT2D eigenvalue weighted by Gasteiger charge is -2.30. The number of nitrogens with zero attached hydrogens (tertiary/aromatic N) is 1. The SMILES string of the molecule is CC(C)(C)OC(=O)N1CC[C@@H](NC(=O)OCC2c3ccccc3-c3ccccc32)[C@H]1C(=O)NCc1cccc(Cl)c1F. The van der Waals surface area contributed by atoms with Crippen molar-refractivity contribution in [3.63, 3.8) is 0 Å². The Hall–Kier alpha value is -4.11. The van der Waals surface area contributed by atoms with Crippen molar-refractivity contribution < 1.29 is 28.2 Å². The van der Waals surface area contributed by atoms with Gasteiger partial charge in [-0.15, -0.1) is 0 Å². The second-order valence-electron chi connectivity index (χ2n) is 11.4. The molecule has 1 heterocycles. The molecule has 42 heavy (non-hydrogen) atoms. The third-order valence-electron chi connectivity index (χ3n) is 7.43. The van der Waals surface area contributed by atoms with Crippen LogP contribution in [0.2, 0.25) is 5.02 Å². The first-order chi connectivity index (χ1) is 20.0. The van der Waals surface area contributed by atoms with Gasteiger partial charge in [0.15, 0.2) is 0 Å². The predicted molar refractivity (Wildman–Crippen MR) is 157 cm³/mol. The van der Waals surface area contributed by atoms with Gasteiger partial charge in [0, 0.05) is 24.6 Å². The van der Waals surface area contributed by atoms with E-state index in [4.69, 9.17) is 21.1 Å². The summed E-state index contributed by atoms with van der Waals surface area (Å²) < 4.78 is 25.6. The summed E-state index contributed by atoms with van der Waals surface area (Å²) in [5.74, 6) is -1.33. The van der Waals surface area contributed by atoms with Crippen LogP contribution in [0, 0.1) is 5.82 Å². The lowest BCUT2D eigenvalue weighted by molar-refractivity contribution is -0.126. The number of rotatable bonds is 6. The molecule has 2 atom stereocenters. The number of benzene rings is 3. The van der Waals surface area contributed by atoms with Gasteiger partial charge in [0.25, 0.3) is 0 Å². The molecule has 1 aliphatic carbocycles. The van der Waals surface area contributed by atoms with E-state index in [1.165, 1.54) is 17.0 Å². The highest BCUT2D eigenvalue weighted by atomic mass is 35.5. The van der Waals surface area contributed by atoms with Gasteiger partial charge in [-0.1, -0.05) is 72.3 Å². The van der Waals surface area contributed by atoms with E-state index in [0.717, 1.165) is 22.3 Å². The zero-order valence-electron chi connectivity index (χ0n) is 23.7. The fourth-order valence-corrected chi connectivity index (χ4v) is 5.75. The molecule has 0 spiro atoms. The zero-order valence-corrected chi connectivity index (χ0v) is 24.4. The molecule has 2 aliphatic rings. The Morgan fingerprint density at radius 2 is 1.62 bits per heavy atom. The molecule has 5 rings (SSSR count). The summed E-state index contributed by atoms with van der Waals surface area (Å²) in [6.07, 6.45) is -1.09. The van der Waals surface area contributed by atoms with Gasteiger partial charge in [-0.3, -0.25) is 9.69 Å². The van der Waals surface area contributed by atoms with Crippen molar-refractivity contribution in [1.82, 2.24) is 15.5 Å². The van der Waals surface area contributed by atoms with Crippen LogP contribution in [0.4, 0.5) is 14.0 Å². The highest BCUT2D eigenvalue weighted by Gasteiger charge is 2.44. The molecular weight excluding hydrogens is 561 g/mol. The lowest BCUT2D eigenvalue weighted by atomic mass is 9.98. The first-order valence-electron chi connectivity index (χ1n) is 13.8. The molecule has 10 heteroatoms. The van der Waals surface area contributed by atoms with Gasteiger partial charge in [-0.05, 0) is 55.5 Å². The molecule has 220 valence electrons. The second-order valence-corrected chi connectivity index (χ2v) is 11.8. The van der Waals surface area contributed by atoms with E-state index in [-0.39, 0.29) is 36.2 Å². The maximum atomic E-state index is 14.4. The number of hydrogen-bond acceptors (Lipinski definition) is 5. The van der Waals surface area contributed by atoms with E-state index in [1.54, 1.807) is 26.8 Å². The molecule has 1 fully saturated rings. The fourth-order valence-electron chi connectivity index (χ4n) is 5.56. The number of likely N-dealkylation sites (tertiary alicyclic amines) is 1. The van der Waals surface area contributed by atoms with Crippen molar-refractivity contribution >= 4 is 29.7 Å². The summed E-state index contributed by atoms with van der Waals surface area (Å²) in [6.45, 7) is 5.31. The molecular formula is C32H33ClFN3O5. The van der Waals surface area contributed by atoms with Crippen LogP contribution in [-0.4, -0.2) is 53.8 Å². The highest BCUT2D eigenvalue weighted by Crippen LogP contribution is 2.44. The van der Waals surface area contributed by atoms with E-state index in [9.17, 15) is 18.8 Å². The van der Waals surface area contributed by atoms with Crippen LogP contribution in [0.15, 0.2) is 66.7 Å². The zero-order chi connectivity index (χ0) is 30.0. The van der Waals surface area contributed by atoms with Crippen LogP contribution in [0.25, 0.3) is 11.1 Å². The maximum Gasteiger partial charge on any atom is 0.411 e. The van der Waals surface area contributed by atoms with E-state index < -0.39 is 41.6 Å². The average Bonchev–Trinajstić information content (AvgIpc) is 3.51. The molecule has 0 bridgehead atoms. The third-order valence-corrected chi connectivity index (χ3v) is 7.72. The minimum Gasteiger partial charge on any atom is -0.449 e. The van der Waals surface area contributed by atoms with Crippen LogP contribution in [0.1, 0.15) is 49.8 Å². The molecule has 1 saturated heterocycles. The molecule has 0 saturated carbocycles. The van der Waals surface area contributed by atoms with Gasteiger partial charge in [0.1, 0.15) is 24.1 Å². The summed E-state index contributed by atoms with van der Waals surface area (Å²) in [5, 5.41) is 5.40. The number of carbonyl (C=O) groups is 3.